The Morgan fingerprint density at radius 2 is 1.26 bits per heavy atom. The van der Waals surface area contributed by atoms with Crippen molar-refractivity contribution in [2.75, 3.05) is 20.2 Å². The van der Waals surface area contributed by atoms with Crippen molar-refractivity contribution in [2.45, 2.75) is 84.8 Å². The first kappa shape index (κ1) is 36.4. The normalized spacial score (nSPS) is 21.3. The van der Waals surface area contributed by atoms with Gasteiger partial charge >= 0.3 is 6.09 Å². The number of H-pyrrole nitrogens is 2. The predicted molar refractivity (Wildman–Crippen MR) is 204 cm³/mol. The molecule has 53 heavy (non-hydrogen) atoms. The van der Waals surface area contributed by atoms with E-state index in [1.54, 1.807) is 0 Å². The van der Waals surface area contributed by atoms with Crippen LogP contribution in [0.1, 0.15) is 90.5 Å². The number of imidazole rings is 2. The number of amides is 3. The summed E-state index contributed by atoms with van der Waals surface area (Å²) in [6.07, 6.45) is 8.32. The number of nitrogens with one attached hydrogen (secondary N) is 3. The number of nitrogens with zero attached hydrogens (tertiary/aromatic N) is 4. The van der Waals surface area contributed by atoms with Gasteiger partial charge in [0.25, 0.3) is 0 Å². The predicted octanol–water partition coefficient (Wildman–Crippen LogP) is 7.77. The van der Waals surface area contributed by atoms with Crippen molar-refractivity contribution in [1.82, 2.24) is 35.1 Å². The summed E-state index contributed by atoms with van der Waals surface area (Å²) in [7, 11) is 1.30. The van der Waals surface area contributed by atoms with Crippen molar-refractivity contribution in [3.63, 3.8) is 0 Å². The molecule has 0 radical (unpaired) electrons. The highest BCUT2D eigenvalue weighted by molar-refractivity contribution is 5.86. The number of rotatable bonds is 11. The lowest BCUT2D eigenvalue weighted by atomic mass is 9.96. The van der Waals surface area contributed by atoms with Gasteiger partial charge in [0.15, 0.2) is 0 Å². The molecule has 3 fully saturated rings. The second kappa shape index (κ2) is 15.2. The fourth-order valence-corrected chi connectivity index (χ4v) is 8.01. The second-order valence-electron chi connectivity index (χ2n) is 15.9. The third kappa shape index (κ3) is 7.61. The van der Waals surface area contributed by atoms with Crippen molar-refractivity contribution in [1.29, 1.82) is 0 Å². The van der Waals surface area contributed by atoms with Crippen LogP contribution in [0.4, 0.5) is 4.79 Å². The molecular formula is C42H53N7O4. The molecule has 0 bridgehead atoms. The summed E-state index contributed by atoms with van der Waals surface area (Å²) < 4.78 is 4.76. The number of carbonyl (C=O) groups is 3. The topological polar surface area (TPSA) is 136 Å². The molecule has 4 heterocycles. The molecule has 2 aromatic carbocycles. The van der Waals surface area contributed by atoms with E-state index in [-0.39, 0.29) is 35.7 Å². The van der Waals surface area contributed by atoms with Gasteiger partial charge in [-0.2, -0.15) is 0 Å². The minimum atomic E-state index is -0.672. The molecule has 2 aliphatic heterocycles. The quantitative estimate of drug-likeness (QED) is 0.145. The molecule has 11 heteroatoms. The molecule has 3 aliphatic rings. The molecule has 0 spiro atoms. The highest BCUT2D eigenvalue weighted by atomic mass is 16.5. The van der Waals surface area contributed by atoms with Crippen LogP contribution >= 0.6 is 0 Å². The van der Waals surface area contributed by atoms with Crippen LogP contribution < -0.4 is 5.32 Å². The van der Waals surface area contributed by atoms with Gasteiger partial charge in [-0.05, 0) is 78.0 Å². The van der Waals surface area contributed by atoms with Crippen molar-refractivity contribution in [3.05, 3.63) is 72.6 Å². The number of hydrogen-bond donors (Lipinski definition) is 3. The Balaban J connectivity index is 1.01. The van der Waals surface area contributed by atoms with Gasteiger partial charge in [0.1, 0.15) is 17.7 Å². The molecular weight excluding hydrogens is 667 g/mol. The number of ether oxygens (including phenoxy) is 1. The van der Waals surface area contributed by atoms with E-state index in [0.29, 0.717) is 18.4 Å². The molecule has 7 rings (SSSR count). The zero-order valence-corrected chi connectivity index (χ0v) is 31.8. The average molecular weight is 720 g/mol. The monoisotopic (exact) mass is 719 g/mol. The SMILES string of the molecule is COC(=O)N[C@H](C(=O)N1CCC[C@H]1c1ncc(-c2ccc(-c3ccc(-c4cnc([C@@H]5C[C@H](C6CC6)CN5C(=O)[C@@H](C)C(C)C)[nH]4)cc3)cc2)[nH]1)C(C)C. The van der Waals surface area contributed by atoms with Crippen LogP contribution in [0.25, 0.3) is 33.6 Å². The van der Waals surface area contributed by atoms with Gasteiger partial charge < -0.3 is 29.8 Å². The first-order valence-corrected chi connectivity index (χ1v) is 19.3. The van der Waals surface area contributed by atoms with Crippen LogP contribution in [0.2, 0.25) is 0 Å². The molecule has 5 atom stereocenters. The second-order valence-corrected chi connectivity index (χ2v) is 15.9. The van der Waals surface area contributed by atoms with Crippen LogP contribution in [0, 0.1) is 29.6 Å². The number of likely N-dealkylation sites (tertiary alicyclic amines) is 2. The maximum atomic E-state index is 13.5. The number of methoxy groups -OCH3 is 1. The minimum Gasteiger partial charge on any atom is -0.453 e. The van der Waals surface area contributed by atoms with E-state index in [1.807, 2.05) is 31.1 Å². The smallest absolute Gasteiger partial charge is 0.407 e. The molecule has 0 unspecified atom stereocenters. The van der Waals surface area contributed by atoms with Crippen LogP contribution in [0.15, 0.2) is 60.9 Å². The van der Waals surface area contributed by atoms with E-state index in [0.717, 1.165) is 77.0 Å². The maximum Gasteiger partial charge on any atom is 0.407 e. The fraction of sp³-hybridized carbons (Fsp3) is 0.500. The zero-order chi connectivity index (χ0) is 37.4. The summed E-state index contributed by atoms with van der Waals surface area (Å²) in [5.74, 6) is 3.26. The van der Waals surface area contributed by atoms with E-state index in [9.17, 15) is 14.4 Å². The first-order chi connectivity index (χ1) is 25.5. The summed E-state index contributed by atoms with van der Waals surface area (Å²) in [5.41, 5.74) is 6.10. The van der Waals surface area contributed by atoms with E-state index < -0.39 is 12.1 Å². The number of aromatic nitrogens is 4. The molecule has 2 saturated heterocycles. The third-order valence-electron chi connectivity index (χ3n) is 11.8. The van der Waals surface area contributed by atoms with E-state index in [4.69, 9.17) is 9.72 Å². The molecule has 4 aromatic rings. The largest absolute Gasteiger partial charge is 0.453 e. The van der Waals surface area contributed by atoms with Crippen LogP contribution in [-0.4, -0.2) is 73.9 Å². The third-order valence-corrected chi connectivity index (χ3v) is 11.8. The lowest BCUT2D eigenvalue weighted by Gasteiger charge is -2.30. The number of alkyl carbamates (subject to hydrolysis) is 1. The summed E-state index contributed by atoms with van der Waals surface area (Å²) in [6, 6.07) is 16.0. The van der Waals surface area contributed by atoms with Crippen molar-refractivity contribution in [2.24, 2.45) is 29.6 Å². The van der Waals surface area contributed by atoms with Gasteiger partial charge in [-0.1, -0.05) is 83.1 Å². The van der Waals surface area contributed by atoms with Gasteiger partial charge in [-0.15, -0.1) is 0 Å². The Bertz CT molecular complexity index is 1910. The van der Waals surface area contributed by atoms with Crippen LogP contribution in [0.3, 0.4) is 0 Å². The van der Waals surface area contributed by atoms with Gasteiger partial charge in [-0.25, -0.2) is 14.8 Å². The van der Waals surface area contributed by atoms with Crippen molar-refractivity contribution < 1.29 is 19.1 Å². The summed E-state index contributed by atoms with van der Waals surface area (Å²) >= 11 is 0. The number of carbonyl (C=O) groups excluding carboxylic acids is 3. The molecule has 2 aromatic heterocycles. The fourth-order valence-electron chi connectivity index (χ4n) is 8.01. The minimum absolute atomic E-state index is 0.000974. The Hall–Kier alpha value is -4.93. The Morgan fingerprint density at radius 3 is 1.77 bits per heavy atom. The average Bonchev–Trinajstić information content (AvgIpc) is 3.61. The van der Waals surface area contributed by atoms with Crippen LogP contribution in [-0.2, 0) is 14.3 Å². The highest BCUT2D eigenvalue weighted by Crippen LogP contribution is 2.47. The number of aromatic amines is 2. The van der Waals surface area contributed by atoms with Gasteiger partial charge in [0.2, 0.25) is 11.8 Å². The van der Waals surface area contributed by atoms with Gasteiger partial charge in [0, 0.05) is 19.0 Å². The molecule has 3 N–H and O–H groups in total. The van der Waals surface area contributed by atoms with E-state index in [1.165, 1.54) is 20.0 Å². The standard InChI is InChI=1S/C42H53N7O4/c1-24(2)26(5)40(50)49-23-32(29-9-10-29)20-36(49)39-44-22-34(46-39)31-17-13-28(14-18-31)27-11-15-30(16-12-27)33-21-43-38(45-33)35-8-7-19-48(35)41(51)37(25(3)4)47-42(52)53-6/h11-18,21-22,24-26,29,32,35-37H,7-10,19-20,23H2,1-6H3,(H,43,45)(H,44,46)(H,47,52)/t26-,32-,35-,36-,37-/m0/s1. The maximum absolute atomic E-state index is 13.5. The van der Waals surface area contributed by atoms with E-state index >= 15 is 0 Å². The number of hydrogen-bond acceptors (Lipinski definition) is 6. The molecule has 3 amide bonds. The summed E-state index contributed by atoms with van der Waals surface area (Å²) in [5, 5.41) is 2.70. The highest BCUT2D eigenvalue weighted by Gasteiger charge is 2.45. The van der Waals surface area contributed by atoms with Crippen molar-refractivity contribution >= 4 is 17.9 Å². The Morgan fingerprint density at radius 1 is 0.717 bits per heavy atom. The lowest BCUT2D eigenvalue weighted by Crippen LogP contribution is -2.51. The Labute approximate surface area is 312 Å². The molecule has 1 aliphatic carbocycles. The number of benzene rings is 2. The van der Waals surface area contributed by atoms with Gasteiger partial charge in [-0.3, -0.25) is 9.59 Å². The summed E-state index contributed by atoms with van der Waals surface area (Å²) in [6.45, 7) is 11.6. The van der Waals surface area contributed by atoms with Gasteiger partial charge in [0.05, 0.1) is 43.0 Å². The summed E-state index contributed by atoms with van der Waals surface area (Å²) in [4.78, 5) is 59.5. The zero-order valence-electron chi connectivity index (χ0n) is 31.8. The first-order valence-electron chi connectivity index (χ1n) is 19.3. The molecule has 11 nitrogen and oxygen atoms in total. The Kier molecular flexibility index (Phi) is 10.4. The molecule has 1 saturated carbocycles. The van der Waals surface area contributed by atoms with Crippen LogP contribution in [0.5, 0.6) is 0 Å². The van der Waals surface area contributed by atoms with Crippen molar-refractivity contribution in [3.8, 4) is 33.6 Å². The molecule has 280 valence electrons. The lowest BCUT2D eigenvalue weighted by molar-refractivity contribution is -0.137. The van der Waals surface area contributed by atoms with E-state index in [2.05, 4.69) is 94.5 Å².